The fourth-order valence-corrected chi connectivity index (χ4v) is 2.58. The van der Waals surface area contributed by atoms with Gasteiger partial charge in [-0.1, -0.05) is 18.9 Å². The highest BCUT2D eigenvalue weighted by Gasteiger charge is 2.17. The molecule has 88 valence electrons. The smallest absolute Gasteiger partial charge is 0.128 e. The summed E-state index contributed by atoms with van der Waals surface area (Å²) in [4.78, 5) is 6.78. The van der Waals surface area contributed by atoms with Crippen LogP contribution < -0.4 is 4.90 Å². The van der Waals surface area contributed by atoms with Crippen molar-refractivity contribution in [3.8, 4) is 0 Å². The molecule has 0 radical (unpaired) electrons. The summed E-state index contributed by atoms with van der Waals surface area (Å²) in [6.45, 7) is 1.12. The molecular formula is C13H19ClN2. The molecule has 0 N–H and O–H groups in total. The van der Waals surface area contributed by atoms with E-state index in [1.54, 1.807) is 0 Å². The fourth-order valence-electron chi connectivity index (χ4n) is 2.43. The van der Waals surface area contributed by atoms with Crippen LogP contribution in [0.4, 0.5) is 5.82 Å². The third-order valence-electron chi connectivity index (χ3n) is 3.33. The summed E-state index contributed by atoms with van der Waals surface area (Å²) in [5, 5.41) is 0. The van der Waals surface area contributed by atoms with E-state index in [0.717, 1.165) is 24.0 Å². The zero-order valence-electron chi connectivity index (χ0n) is 9.82. The highest BCUT2D eigenvalue weighted by molar-refractivity contribution is 6.16. The third-order valence-corrected chi connectivity index (χ3v) is 3.60. The number of alkyl halides is 1. The molecule has 1 aliphatic carbocycles. The van der Waals surface area contributed by atoms with E-state index in [1.165, 1.54) is 25.7 Å². The van der Waals surface area contributed by atoms with Crippen molar-refractivity contribution in [2.75, 3.05) is 18.5 Å². The van der Waals surface area contributed by atoms with Gasteiger partial charge in [0, 0.05) is 13.6 Å². The summed E-state index contributed by atoms with van der Waals surface area (Å²) in [7, 11) is 2.12. The first-order valence-electron chi connectivity index (χ1n) is 6.02. The van der Waals surface area contributed by atoms with Crippen LogP contribution in [0.5, 0.6) is 0 Å². The van der Waals surface area contributed by atoms with E-state index in [2.05, 4.69) is 23.0 Å². The molecule has 2 nitrogen and oxygen atoms in total. The molecule has 0 saturated heterocycles. The Kier molecular flexibility index (Phi) is 4.05. The predicted octanol–water partition coefficient (Wildman–Crippen LogP) is 3.45. The van der Waals surface area contributed by atoms with Crippen LogP contribution in [0.15, 0.2) is 18.2 Å². The van der Waals surface area contributed by atoms with E-state index < -0.39 is 0 Å². The minimum Gasteiger partial charge on any atom is -0.359 e. The largest absolute Gasteiger partial charge is 0.359 e. The Morgan fingerprint density at radius 3 is 2.81 bits per heavy atom. The zero-order chi connectivity index (χ0) is 11.4. The van der Waals surface area contributed by atoms with E-state index in [1.807, 2.05) is 12.1 Å². The molecule has 1 saturated carbocycles. The molecule has 2 rings (SSSR count). The van der Waals surface area contributed by atoms with Crippen molar-refractivity contribution in [2.45, 2.75) is 31.6 Å². The maximum absolute atomic E-state index is 5.79. The minimum atomic E-state index is 0.491. The van der Waals surface area contributed by atoms with Crippen LogP contribution in [0.3, 0.4) is 0 Å². The van der Waals surface area contributed by atoms with Gasteiger partial charge in [-0.3, -0.25) is 0 Å². The Labute approximate surface area is 103 Å². The number of anilines is 1. The second-order valence-electron chi connectivity index (χ2n) is 4.65. The highest BCUT2D eigenvalue weighted by Crippen LogP contribution is 2.26. The molecule has 0 bridgehead atoms. The van der Waals surface area contributed by atoms with Crippen molar-refractivity contribution in [1.82, 2.24) is 4.98 Å². The molecule has 0 amide bonds. The van der Waals surface area contributed by atoms with Gasteiger partial charge in [-0.05, 0) is 30.9 Å². The third kappa shape index (κ3) is 2.88. The average molecular weight is 239 g/mol. The summed E-state index contributed by atoms with van der Waals surface area (Å²) >= 11 is 5.79. The Hall–Kier alpha value is -0.760. The quantitative estimate of drug-likeness (QED) is 0.747. The van der Waals surface area contributed by atoms with Crippen molar-refractivity contribution >= 4 is 17.4 Å². The van der Waals surface area contributed by atoms with Gasteiger partial charge in [0.25, 0.3) is 0 Å². The van der Waals surface area contributed by atoms with Crippen LogP contribution in [0.1, 0.15) is 31.4 Å². The first-order chi connectivity index (χ1) is 7.79. The lowest BCUT2D eigenvalue weighted by Crippen LogP contribution is -2.25. The van der Waals surface area contributed by atoms with E-state index in [0.29, 0.717) is 5.88 Å². The maximum Gasteiger partial charge on any atom is 0.128 e. The van der Waals surface area contributed by atoms with Crippen LogP contribution in [-0.2, 0) is 5.88 Å². The van der Waals surface area contributed by atoms with E-state index in [-0.39, 0.29) is 0 Å². The zero-order valence-corrected chi connectivity index (χ0v) is 10.6. The molecule has 1 aromatic heterocycles. The van der Waals surface area contributed by atoms with Gasteiger partial charge in [0.1, 0.15) is 5.82 Å². The number of halogens is 1. The molecular weight excluding hydrogens is 220 g/mol. The van der Waals surface area contributed by atoms with E-state index in [4.69, 9.17) is 11.6 Å². The number of rotatable bonds is 4. The lowest BCUT2D eigenvalue weighted by atomic mass is 10.1. The number of hydrogen-bond donors (Lipinski definition) is 0. The van der Waals surface area contributed by atoms with Crippen LogP contribution in [0.25, 0.3) is 0 Å². The topological polar surface area (TPSA) is 16.1 Å². The Morgan fingerprint density at radius 1 is 1.38 bits per heavy atom. The molecule has 0 unspecified atom stereocenters. The van der Waals surface area contributed by atoms with Crippen LogP contribution in [-0.4, -0.2) is 18.6 Å². The van der Waals surface area contributed by atoms with Gasteiger partial charge < -0.3 is 4.90 Å². The van der Waals surface area contributed by atoms with Crippen LogP contribution in [0, 0.1) is 5.92 Å². The minimum absolute atomic E-state index is 0.491. The molecule has 0 spiro atoms. The van der Waals surface area contributed by atoms with E-state index >= 15 is 0 Å². The molecule has 0 aromatic carbocycles. The van der Waals surface area contributed by atoms with Crippen molar-refractivity contribution in [3.05, 3.63) is 23.9 Å². The van der Waals surface area contributed by atoms with Crippen molar-refractivity contribution in [1.29, 1.82) is 0 Å². The second-order valence-corrected chi connectivity index (χ2v) is 4.92. The lowest BCUT2D eigenvalue weighted by molar-refractivity contribution is 0.545. The van der Waals surface area contributed by atoms with Gasteiger partial charge >= 0.3 is 0 Å². The molecule has 1 fully saturated rings. The molecule has 1 aliphatic rings. The normalized spacial score (nSPS) is 16.6. The van der Waals surface area contributed by atoms with Crippen molar-refractivity contribution < 1.29 is 0 Å². The predicted molar refractivity (Wildman–Crippen MR) is 69.0 cm³/mol. The number of hydrogen-bond acceptors (Lipinski definition) is 2. The van der Waals surface area contributed by atoms with Gasteiger partial charge in [-0.15, -0.1) is 11.6 Å². The monoisotopic (exact) mass is 238 g/mol. The van der Waals surface area contributed by atoms with Crippen LogP contribution >= 0.6 is 11.6 Å². The molecule has 1 aromatic rings. The first kappa shape index (κ1) is 11.7. The van der Waals surface area contributed by atoms with E-state index in [9.17, 15) is 0 Å². The molecule has 0 aliphatic heterocycles. The summed E-state index contributed by atoms with van der Waals surface area (Å²) in [6.07, 6.45) is 5.54. The fraction of sp³-hybridized carbons (Fsp3) is 0.615. The lowest BCUT2D eigenvalue weighted by Gasteiger charge is -2.22. The maximum atomic E-state index is 5.79. The van der Waals surface area contributed by atoms with Crippen molar-refractivity contribution in [2.24, 2.45) is 5.92 Å². The second kappa shape index (κ2) is 5.53. The Balaban J connectivity index is 1.98. The Morgan fingerprint density at radius 2 is 2.12 bits per heavy atom. The van der Waals surface area contributed by atoms with Gasteiger partial charge in [-0.25, -0.2) is 4.98 Å². The number of aromatic nitrogens is 1. The molecule has 3 heteroatoms. The Bertz CT molecular complexity index is 334. The summed E-state index contributed by atoms with van der Waals surface area (Å²) in [5.41, 5.74) is 0.956. The molecule has 0 atom stereocenters. The summed E-state index contributed by atoms with van der Waals surface area (Å²) in [5.74, 6) is 2.39. The molecule has 16 heavy (non-hydrogen) atoms. The standard InChI is InChI=1S/C13H19ClN2/c1-16(10-11-5-2-3-6-11)13-8-4-7-12(9-14)15-13/h4,7-8,11H,2-3,5-6,9-10H2,1H3. The first-order valence-corrected chi connectivity index (χ1v) is 6.56. The van der Waals surface area contributed by atoms with Gasteiger partial charge in [0.15, 0.2) is 0 Å². The molecule has 1 heterocycles. The summed E-state index contributed by atoms with van der Waals surface area (Å²) < 4.78 is 0. The average Bonchev–Trinajstić information content (AvgIpc) is 2.82. The van der Waals surface area contributed by atoms with Gasteiger partial charge in [-0.2, -0.15) is 0 Å². The summed E-state index contributed by atoms with van der Waals surface area (Å²) in [6, 6.07) is 6.07. The highest BCUT2D eigenvalue weighted by atomic mass is 35.5. The number of pyridine rings is 1. The van der Waals surface area contributed by atoms with Gasteiger partial charge in [0.2, 0.25) is 0 Å². The van der Waals surface area contributed by atoms with Crippen LogP contribution in [0.2, 0.25) is 0 Å². The van der Waals surface area contributed by atoms with Crippen molar-refractivity contribution in [3.63, 3.8) is 0 Å². The number of nitrogens with zero attached hydrogens (tertiary/aromatic N) is 2. The SMILES string of the molecule is CN(CC1CCCC1)c1cccc(CCl)n1. The van der Waals surface area contributed by atoms with Gasteiger partial charge in [0.05, 0.1) is 11.6 Å².